The van der Waals surface area contributed by atoms with Gasteiger partial charge < -0.3 is 19.1 Å². The van der Waals surface area contributed by atoms with Gasteiger partial charge in [-0.15, -0.1) is 0 Å². The summed E-state index contributed by atoms with van der Waals surface area (Å²) >= 11 is 0. The molecule has 1 atom stereocenters. The Morgan fingerprint density at radius 3 is 2.55 bits per heavy atom. The van der Waals surface area contributed by atoms with Gasteiger partial charge in [-0.05, 0) is 67.1 Å². The van der Waals surface area contributed by atoms with Crippen LogP contribution in [0.25, 0.3) is 0 Å². The maximum absolute atomic E-state index is 14.0. The molecule has 2 amide bonds. The maximum Gasteiger partial charge on any atom is 0.262 e. The van der Waals surface area contributed by atoms with Crippen molar-refractivity contribution in [2.24, 2.45) is 11.0 Å². The Morgan fingerprint density at radius 2 is 1.80 bits per heavy atom. The number of nitrogens with zero attached hydrogens (tertiary/aromatic N) is 4. The number of hydrogen-bond donors (Lipinski definition) is 0. The summed E-state index contributed by atoms with van der Waals surface area (Å²) in [4.78, 5) is 31.5. The van der Waals surface area contributed by atoms with Crippen LogP contribution in [0.5, 0.6) is 11.5 Å². The van der Waals surface area contributed by atoms with E-state index in [1.165, 1.54) is 11.1 Å². The highest BCUT2D eigenvalue weighted by molar-refractivity contribution is 6.03. The first-order chi connectivity index (χ1) is 19.5. The number of fused-ring (bicyclic) bond motifs is 1. The van der Waals surface area contributed by atoms with Crippen LogP contribution in [0.2, 0.25) is 0 Å². The molecule has 6 rings (SSSR count). The highest BCUT2D eigenvalue weighted by Gasteiger charge is 2.37. The van der Waals surface area contributed by atoms with Crippen LogP contribution < -0.4 is 9.47 Å². The van der Waals surface area contributed by atoms with Gasteiger partial charge in [0.1, 0.15) is 6.54 Å². The minimum Gasteiger partial charge on any atom is -0.454 e. The van der Waals surface area contributed by atoms with Gasteiger partial charge >= 0.3 is 0 Å². The molecule has 212 valence electrons. The average molecular weight is 547 g/mol. The number of amides is 2. The summed E-state index contributed by atoms with van der Waals surface area (Å²) in [5.41, 5.74) is 5.21. The predicted octanol–water partition coefficient (Wildman–Crippen LogP) is 3.67. The molecule has 0 spiro atoms. The second kappa shape index (κ2) is 11.6. The monoisotopic (exact) mass is 546 g/mol. The summed E-state index contributed by atoms with van der Waals surface area (Å²) in [5.74, 6) is 1.32. The van der Waals surface area contributed by atoms with Crippen molar-refractivity contribution < 1.29 is 23.8 Å². The molecule has 9 heteroatoms. The van der Waals surface area contributed by atoms with Crippen molar-refractivity contribution in [2.75, 3.05) is 52.7 Å². The zero-order valence-electron chi connectivity index (χ0n) is 23.4. The SMILES string of the molecule is Cc1ccc(C2=NN(C(=O)CN(CCN3CCOCC3)C(=O)C3CCC3)[C@@H](c3ccc4c(c3)OCO4)C2)cc1C. The Labute approximate surface area is 235 Å². The van der Waals surface area contributed by atoms with E-state index < -0.39 is 0 Å². The van der Waals surface area contributed by atoms with E-state index >= 15 is 0 Å². The third-order valence-electron chi connectivity index (χ3n) is 8.67. The summed E-state index contributed by atoms with van der Waals surface area (Å²) < 4.78 is 16.6. The lowest BCUT2D eigenvalue weighted by Gasteiger charge is -2.34. The van der Waals surface area contributed by atoms with Crippen molar-refractivity contribution in [3.05, 3.63) is 58.7 Å². The standard InChI is InChI=1S/C31H38N4O5/c1-21-6-7-24(16-22(21)2)26-18-27(25-8-9-28-29(17-25)40-20-39-28)35(32-26)30(36)19-34(31(37)23-4-3-5-23)11-10-33-12-14-38-15-13-33/h6-9,16-17,23,27H,3-5,10-15,18-20H2,1-2H3/t27-/m1/s1. The Bertz CT molecular complexity index is 1300. The van der Waals surface area contributed by atoms with Gasteiger partial charge in [0.25, 0.3) is 5.91 Å². The minimum absolute atomic E-state index is 0.0183. The van der Waals surface area contributed by atoms with E-state index in [1.54, 1.807) is 9.91 Å². The van der Waals surface area contributed by atoms with Crippen molar-refractivity contribution in [3.63, 3.8) is 0 Å². The molecule has 1 aliphatic carbocycles. The predicted molar refractivity (Wildman–Crippen MR) is 150 cm³/mol. The first-order valence-corrected chi connectivity index (χ1v) is 14.4. The van der Waals surface area contributed by atoms with Gasteiger partial charge in [0, 0.05) is 38.5 Å². The van der Waals surface area contributed by atoms with Gasteiger partial charge in [0.05, 0.1) is 25.0 Å². The summed E-state index contributed by atoms with van der Waals surface area (Å²) in [5, 5.41) is 6.48. The highest BCUT2D eigenvalue weighted by atomic mass is 16.7. The second-order valence-corrected chi connectivity index (χ2v) is 11.3. The fourth-order valence-corrected chi connectivity index (χ4v) is 5.72. The van der Waals surface area contributed by atoms with Crippen molar-refractivity contribution in [3.8, 4) is 11.5 Å². The fraction of sp³-hybridized carbons (Fsp3) is 0.516. The van der Waals surface area contributed by atoms with E-state index in [0.29, 0.717) is 37.7 Å². The molecule has 40 heavy (non-hydrogen) atoms. The van der Waals surface area contributed by atoms with Gasteiger partial charge in [0.15, 0.2) is 11.5 Å². The number of carbonyl (C=O) groups excluding carboxylic acids is 2. The van der Waals surface area contributed by atoms with Crippen LogP contribution in [0.4, 0.5) is 0 Å². The molecule has 1 saturated carbocycles. The zero-order chi connectivity index (χ0) is 27.6. The summed E-state index contributed by atoms with van der Waals surface area (Å²) in [6.07, 6.45) is 3.46. The largest absolute Gasteiger partial charge is 0.454 e. The Morgan fingerprint density at radius 1 is 1.00 bits per heavy atom. The average Bonchev–Trinajstić information content (AvgIpc) is 3.59. The highest BCUT2D eigenvalue weighted by Crippen LogP contribution is 2.39. The van der Waals surface area contributed by atoms with Crippen molar-refractivity contribution in [1.82, 2.24) is 14.8 Å². The molecule has 0 bridgehead atoms. The van der Waals surface area contributed by atoms with E-state index in [1.807, 2.05) is 18.2 Å². The third kappa shape index (κ3) is 5.58. The zero-order valence-corrected chi connectivity index (χ0v) is 23.4. The Kier molecular flexibility index (Phi) is 7.76. The molecule has 2 aromatic carbocycles. The van der Waals surface area contributed by atoms with Crippen molar-refractivity contribution in [1.29, 1.82) is 0 Å². The van der Waals surface area contributed by atoms with Crippen LogP contribution in [0.3, 0.4) is 0 Å². The first-order valence-electron chi connectivity index (χ1n) is 14.4. The number of aryl methyl sites for hydroxylation is 2. The fourth-order valence-electron chi connectivity index (χ4n) is 5.72. The van der Waals surface area contributed by atoms with Crippen LogP contribution in [0.1, 0.15) is 54.0 Å². The quantitative estimate of drug-likeness (QED) is 0.503. The number of hydrazone groups is 1. The van der Waals surface area contributed by atoms with Crippen LogP contribution in [0, 0.1) is 19.8 Å². The normalized spacial score (nSPS) is 20.8. The molecule has 2 aromatic rings. The molecule has 3 heterocycles. The lowest BCUT2D eigenvalue weighted by Crippen LogP contribution is -2.49. The topological polar surface area (TPSA) is 83.9 Å². The maximum atomic E-state index is 14.0. The van der Waals surface area contributed by atoms with Crippen LogP contribution >= 0.6 is 0 Å². The molecular weight excluding hydrogens is 508 g/mol. The number of rotatable bonds is 8. The van der Waals surface area contributed by atoms with E-state index in [2.05, 4.69) is 36.9 Å². The van der Waals surface area contributed by atoms with Crippen LogP contribution in [-0.4, -0.2) is 85.1 Å². The molecule has 0 aromatic heterocycles. The number of benzene rings is 2. The van der Waals surface area contributed by atoms with Gasteiger partial charge in [0.2, 0.25) is 12.7 Å². The number of morpholine rings is 1. The van der Waals surface area contributed by atoms with E-state index in [-0.39, 0.29) is 37.1 Å². The van der Waals surface area contributed by atoms with Gasteiger partial charge in [-0.3, -0.25) is 14.5 Å². The number of carbonyl (C=O) groups is 2. The van der Waals surface area contributed by atoms with Crippen LogP contribution in [0.15, 0.2) is 41.5 Å². The number of ether oxygens (including phenoxy) is 3. The summed E-state index contributed by atoms with van der Waals surface area (Å²) in [6, 6.07) is 11.8. The summed E-state index contributed by atoms with van der Waals surface area (Å²) in [6.45, 7) is 8.75. The second-order valence-electron chi connectivity index (χ2n) is 11.3. The lowest BCUT2D eigenvalue weighted by atomic mass is 9.84. The molecule has 2 fully saturated rings. The molecule has 3 aliphatic heterocycles. The smallest absolute Gasteiger partial charge is 0.262 e. The Hall–Kier alpha value is -3.43. The number of hydrogen-bond acceptors (Lipinski definition) is 7. The first kappa shape index (κ1) is 26.8. The van der Waals surface area contributed by atoms with Crippen LogP contribution in [-0.2, 0) is 14.3 Å². The lowest BCUT2D eigenvalue weighted by molar-refractivity contribution is -0.145. The molecule has 0 N–H and O–H groups in total. The summed E-state index contributed by atoms with van der Waals surface area (Å²) in [7, 11) is 0. The Balaban J connectivity index is 1.25. The van der Waals surface area contributed by atoms with E-state index in [0.717, 1.165) is 55.7 Å². The molecular formula is C31H38N4O5. The van der Waals surface area contributed by atoms with Crippen molar-refractivity contribution in [2.45, 2.75) is 45.6 Å². The van der Waals surface area contributed by atoms with Gasteiger partial charge in [-0.2, -0.15) is 5.10 Å². The van der Waals surface area contributed by atoms with Gasteiger partial charge in [-0.25, -0.2) is 5.01 Å². The molecule has 0 unspecified atom stereocenters. The third-order valence-corrected chi connectivity index (χ3v) is 8.67. The molecule has 9 nitrogen and oxygen atoms in total. The van der Waals surface area contributed by atoms with E-state index in [9.17, 15) is 9.59 Å². The van der Waals surface area contributed by atoms with Crippen molar-refractivity contribution >= 4 is 17.5 Å². The molecule has 1 saturated heterocycles. The van der Waals surface area contributed by atoms with E-state index in [4.69, 9.17) is 19.3 Å². The molecule has 0 radical (unpaired) electrons. The molecule has 4 aliphatic rings. The van der Waals surface area contributed by atoms with Gasteiger partial charge in [-0.1, -0.05) is 24.6 Å². The minimum atomic E-state index is -0.293.